The Labute approximate surface area is 186 Å². The average Bonchev–Trinajstić information content (AvgIpc) is 3.02. The summed E-state index contributed by atoms with van der Waals surface area (Å²) in [4.78, 5) is 27.0. The number of nitrogens with zero attached hydrogens (tertiary/aromatic N) is 1. The summed E-state index contributed by atoms with van der Waals surface area (Å²) in [6.07, 6.45) is -1.01. The molecule has 7 heteroatoms. The molecule has 2 atom stereocenters. The fourth-order valence-electron chi connectivity index (χ4n) is 4.05. The normalized spacial score (nSPS) is 19.3. The summed E-state index contributed by atoms with van der Waals surface area (Å²) in [7, 11) is 1.59. The van der Waals surface area contributed by atoms with Crippen molar-refractivity contribution < 1.29 is 24.2 Å². The Kier molecular flexibility index (Phi) is 6.12. The number of β-amino-alcohol motifs (C(OH)–C–C–N with tert-alkyl or cyclic N) is 1. The Morgan fingerprint density at radius 3 is 2.62 bits per heavy atom. The smallest absolute Gasteiger partial charge is 0.325 e. The zero-order valence-electron chi connectivity index (χ0n) is 18.1. The lowest BCUT2D eigenvalue weighted by Gasteiger charge is -2.24. The van der Waals surface area contributed by atoms with Crippen LogP contribution >= 0.6 is 0 Å². The number of carbonyl (C=O) groups is 2. The van der Waals surface area contributed by atoms with Gasteiger partial charge < -0.3 is 19.9 Å². The largest absolute Gasteiger partial charge is 0.497 e. The van der Waals surface area contributed by atoms with E-state index in [1.54, 1.807) is 14.0 Å². The van der Waals surface area contributed by atoms with Crippen molar-refractivity contribution in [1.82, 2.24) is 10.2 Å². The van der Waals surface area contributed by atoms with Crippen LogP contribution in [0.5, 0.6) is 5.75 Å². The second kappa shape index (κ2) is 8.98. The van der Waals surface area contributed by atoms with Crippen molar-refractivity contribution in [2.45, 2.75) is 25.2 Å². The minimum absolute atomic E-state index is 0.0146. The molecule has 1 fully saturated rings. The molecule has 2 N–H and O–H groups in total. The number of hydrogen-bond acceptors (Lipinski definition) is 5. The van der Waals surface area contributed by atoms with Gasteiger partial charge in [0, 0.05) is 0 Å². The summed E-state index contributed by atoms with van der Waals surface area (Å²) in [5.41, 5.74) is 0.411. The number of hydrogen-bond donors (Lipinski definition) is 2. The molecule has 0 bridgehead atoms. The van der Waals surface area contributed by atoms with E-state index in [1.807, 2.05) is 66.7 Å². The summed E-state index contributed by atoms with van der Waals surface area (Å²) in [5, 5.41) is 15.1. The maximum atomic E-state index is 13.3. The molecule has 3 aromatic carbocycles. The second-order valence-corrected chi connectivity index (χ2v) is 8.02. The monoisotopic (exact) mass is 434 g/mol. The van der Waals surface area contributed by atoms with Gasteiger partial charge in [-0.25, -0.2) is 4.79 Å². The lowest BCUT2D eigenvalue weighted by atomic mass is 9.88. The van der Waals surface area contributed by atoms with Crippen molar-refractivity contribution >= 4 is 22.7 Å². The maximum absolute atomic E-state index is 13.3. The van der Waals surface area contributed by atoms with Gasteiger partial charge in [-0.05, 0) is 41.0 Å². The molecule has 1 aliphatic heterocycles. The number of fused-ring (bicyclic) bond motifs is 1. The highest BCUT2D eigenvalue weighted by Crippen LogP contribution is 2.33. The van der Waals surface area contributed by atoms with E-state index in [1.165, 1.54) is 0 Å². The van der Waals surface area contributed by atoms with Gasteiger partial charge in [-0.15, -0.1) is 0 Å². The molecule has 0 radical (unpaired) electrons. The van der Waals surface area contributed by atoms with Crippen molar-refractivity contribution in [3.05, 3.63) is 77.9 Å². The van der Waals surface area contributed by atoms with Gasteiger partial charge in [0.15, 0.2) is 0 Å². The van der Waals surface area contributed by atoms with E-state index >= 15 is 0 Å². The van der Waals surface area contributed by atoms with Crippen LogP contribution in [0.4, 0.5) is 4.79 Å². The van der Waals surface area contributed by atoms with Crippen molar-refractivity contribution in [2.24, 2.45) is 0 Å². The minimum Gasteiger partial charge on any atom is -0.497 e. The van der Waals surface area contributed by atoms with Crippen LogP contribution in [-0.4, -0.2) is 48.3 Å². The van der Waals surface area contributed by atoms with Crippen molar-refractivity contribution in [3.8, 4) is 5.75 Å². The summed E-state index contributed by atoms with van der Waals surface area (Å²) < 4.78 is 10.8. The second-order valence-electron chi connectivity index (χ2n) is 8.02. The first kappa shape index (κ1) is 21.8. The first-order valence-electron chi connectivity index (χ1n) is 10.4. The molecule has 3 aromatic rings. The number of benzene rings is 3. The van der Waals surface area contributed by atoms with Gasteiger partial charge in [0.2, 0.25) is 0 Å². The van der Waals surface area contributed by atoms with Crippen LogP contribution in [0.2, 0.25) is 0 Å². The molecule has 0 saturated carbocycles. The molecule has 4 rings (SSSR count). The lowest BCUT2D eigenvalue weighted by Crippen LogP contribution is -2.42. The highest BCUT2D eigenvalue weighted by atomic mass is 16.5. The Bertz CT molecular complexity index is 1140. The fraction of sp³-hybridized carbons (Fsp3) is 0.280. The zero-order valence-corrected chi connectivity index (χ0v) is 18.1. The first-order chi connectivity index (χ1) is 15.4. The first-order valence-corrected chi connectivity index (χ1v) is 10.4. The van der Waals surface area contributed by atoms with Crippen molar-refractivity contribution in [1.29, 1.82) is 0 Å². The molecule has 3 amide bonds. The van der Waals surface area contributed by atoms with Gasteiger partial charge in [0.05, 0.1) is 33.0 Å². The number of amides is 3. The molecule has 32 heavy (non-hydrogen) atoms. The number of nitrogens with one attached hydrogen (secondary N) is 1. The quantitative estimate of drug-likeness (QED) is 0.532. The van der Waals surface area contributed by atoms with Crippen LogP contribution in [0.15, 0.2) is 66.7 Å². The van der Waals surface area contributed by atoms with Crippen molar-refractivity contribution in [2.75, 3.05) is 20.3 Å². The number of aliphatic hydroxyl groups excluding tert-OH is 1. The minimum atomic E-state index is -1.21. The molecular formula is C25H26N2O5. The van der Waals surface area contributed by atoms with Gasteiger partial charge in [-0.2, -0.15) is 0 Å². The molecule has 166 valence electrons. The molecule has 0 aliphatic carbocycles. The van der Waals surface area contributed by atoms with Gasteiger partial charge in [0.25, 0.3) is 5.91 Å². The fourth-order valence-corrected chi connectivity index (χ4v) is 4.05. The van der Waals surface area contributed by atoms with Crippen LogP contribution in [0.3, 0.4) is 0 Å². The summed E-state index contributed by atoms with van der Waals surface area (Å²) >= 11 is 0. The summed E-state index contributed by atoms with van der Waals surface area (Å²) in [5.74, 6) is 0.324. The van der Waals surface area contributed by atoms with Crippen LogP contribution in [0.25, 0.3) is 10.8 Å². The van der Waals surface area contributed by atoms with E-state index in [2.05, 4.69) is 5.32 Å². The predicted molar refractivity (Wildman–Crippen MR) is 120 cm³/mol. The average molecular weight is 434 g/mol. The number of carbonyl (C=O) groups excluding carboxylic acids is 2. The molecular weight excluding hydrogens is 408 g/mol. The molecule has 1 aliphatic rings. The molecule has 1 heterocycles. The third-order valence-corrected chi connectivity index (χ3v) is 5.71. The topological polar surface area (TPSA) is 88.1 Å². The van der Waals surface area contributed by atoms with Gasteiger partial charge in [-0.3, -0.25) is 9.69 Å². The maximum Gasteiger partial charge on any atom is 0.325 e. The van der Waals surface area contributed by atoms with Crippen molar-refractivity contribution in [3.63, 3.8) is 0 Å². The summed E-state index contributed by atoms with van der Waals surface area (Å²) in [6.45, 7) is 1.81. The zero-order chi connectivity index (χ0) is 22.7. The van der Waals surface area contributed by atoms with E-state index in [-0.39, 0.29) is 19.8 Å². The predicted octanol–water partition coefficient (Wildman–Crippen LogP) is 3.19. The molecule has 0 spiro atoms. The van der Waals surface area contributed by atoms with Crippen LogP contribution in [0.1, 0.15) is 18.1 Å². The van der Waals surface area contributed by atoms with E-state index < -0.39 is 23.6 Å². The highest BCUT2D eigenvalue weighted by molar-refractivity contribution is 6.09. The van der Waals surface area contributed by atoms with E-state index in [9.17, 15) is 14.7 Å². The standard InChI is InChI=1S/C25H26N2O5/c1-25(22-12-6-9-18-8-3-4-11-21(18)22)23(29)27(24(30)26-25)14-19(28)16-32-15-17-7-5-10-20(13-17)31-2/h3-13,19,28H,14-16H2,1-2H3,(H,26,30). The number of aliphatic hydroxyl groups is 1. The number of rotatable bonds is 8. The molecule has 7 nitrogen and oxygen atoms in total. The number of methoxy groups -OCH3 is 1. The number of urea groups is 1. The third-order valence-electron chi connectivity index (χ3n) is 5.71. The van der Waals surface area contributed by atoms with Gasteiger partial charge in [0.1, 0.15) is 11.3 Å². The molecule has 0 aromatic heterocycles. The van der Waals surface area contributed by atoms with E-state index in [0.29, 0.717) is 0 Å². The molecule has 1 saturated heterocycles. The van der Waals surface area contributed by atoms with E-state index in [0.717, 1.165) is 32.5 Å². The van der Waals surface area contributed by atoms with Crippen LogP contribution in [0, 0.1) is 0 Å². The highest BCUT2D eigenvalue weighted by Gasteiger charge is 2.49. The third kappa shape index (κ3) is 4.17. The number of ether oxygens (including phenoxy) is 2. The van der Waals surface area contributed by atoms with Gasteiger partial charge in [-0.1, -0.05) is 54.6 Å². The Hall–Kier alpha value is -3.42. The summed E-state index contributed by atoms with van der Waals surface area (Å²) in [6, 6.07) is 20.3. The lowest BCUT2D eigenvalue weighted by molar-refractivity contribution is -0.132. The van der Waals surface area contributed by atoms with Crippen LogP contribution < -0.4 is 10.1 Å². The Balaban J connectivity index is 1.42. The number of imide groups is 1. The molecule has 2 unspecified atom stereocenters. The van der Waals surface area contributed by atoms with Crippen LogP contribution in [-0.2, 0) is 21.7 Å². The Morgan fingerprint density at radius 1 is 1.06 bits per heavy atom. The van der Waals surface area contributed by atoms with E-state index in [4.69, 9.17) is 9.47 Å². The SMILES string of the molecule is COc1cccc(COCC(O)CN2C(=O)NC(C)(c3cccc4ccccc34)C2=O)c1. The Morgan fingerprint density at radius 2 is 1.81 bits per heavy atom. The van der Waals surface area contributed by atoms with Gasteiger partial charge >= 0.3 is 6.03 Å².